The Kier molecular flexibility index (Phi) is 8.55. The number of halogens is 1. The van der Waals surface area contributed by atoms with Crippen molar-refractivity contribution in [2.45, 2.75) is 25.4 Å². The Labute approximate surface area is 206 Å². The fourth-order valence-corrected chi connectivity index (χ4v) is 3.31. The average molecular weight is 499 g/mol. The number of hydrogen-bond donors (Lipinski definition) is 3. The number of nitrogens with zero attached hydrogens (tertiary/aromatic N) is 3. The second kappa shape index (κ2) is 11.8. The monoisotopic (exact) mass is 498 g/mol. The molecule has 2 aromatic heterocycles. The highest BCUT2D eigenvalue weighted by atomic mass is 19.1. The summed E-state index contributed by atoms with van der Waals surface area (Å²) in [5.74, 6) is -0.819. The predicted molar refractivity (Wildman–Crippen MR) is 131 cm³/mol. The van der Waals surface area contributed by atoms with Crippen molar-refractivity contribution in [3.63, 3.8) is 0 Å². The summed E-state index contributed by atoms with van der Waals surface area (Å²) >= 11 is 0. The van der Waals surface area contributed by atoms with Gasteiger partial charge in [0.15, 0.2) is 0 Å². The van der Waals surface area contributed by atoms with Gasteiger partial charge in [0.25, 0.3) is 5.56 Å². The van der Waals surface area contributed by atoms with E-state index in [2.05, 4.69) is 25.3 Å². The molecule has 0 radical (unpaired) electrons. The summed E-state index contributed by atoms with van der Waals surface area (Å²) in [4.78, 5) is 58.0. The predicted octanol–water partition coefficient (Wildman–Crippen LogP) is 2.00. The molecule has 0 saturated carbocycles. The molecule has 0 aliphatic carbocycles. The van der Waals surface area contributed by atoms with Crippen LogP contribution < -0.4 is 16.2 Å². The van der Waals surface area contributed by atoms with Crippen molar-refractivity contribution >= 4 is 34.6 Å². The molecule has 1 atom stereocenters. The van der Waals surface area contributed by atoms with Gasteiger partial charge in [-0.15, -0.1) is 0 Å². The Morgan fingerprint density at radius 3 is 2.78 bits per heavy atom. The van der Waals surface area contributed by atoms with E-state index in [1.807, 2.05) is 0 Å². The molecule has 3 amide bonds. The van der Waals surface area contributed by atoms with Gasteiger partial charge in [-0.1, -0.05) is 6.08 Å². The van der Waals surface area contributed by atoms with Gasteiger partial charge in [-0.25, -0.2) is 14.2 Å². The fraction of sp³-hybridized carbons (Fsp3) is 0.292. The number of nitrogens with one attached hydrogen (secondary N) is 3. The third-order valence-electron chi connectivity index (χ3n) is 5.21. The normalized spacial score (nSPS) is 11.9. The second-order valence-corrected chi connectivity index (χ2v) is 8.09. The average Bonchev–Trinajstić information content (AvgIpc) is 3.24. The molecular formula is C24H27FN6O5. The molecular weight excluding hydrogens is 471 g/mol. The number of hydrogen-bond acceptors (Lipinski definition) is 6. The topological polar surface area (TPSA) is 138 Å². The van der Waals surface area contributed by atoms with Gasteiger partial charge >= 0.3 is 6.09 Å². The van der Waals surface area contributed by atoms with Crippen molar-refractivity contribution in [2.24, 2.45) is 0 Å². The zero-order valence-electron chi connectivity index (χ0n) is 20.1. The zero-order valence-corrected chi connectivity index (χ0v) is 20.1. The largest absolute Gasteiger partial charge is 0.453 e. The first-order valence-electron chi connectivity index (χ1n) is 11.0. The Balaban J connectivity index is 1.73. The van der Waals surface area contributed by atoms with Crippen LogP contribution >= 0.6 is 0 Å². The number of ether oxygens (including phenoxy) is 1. The lowest BCUT2D eigenvalue weighted by Crippen LogP contribution is -2.44. The molecule has 0 bridgehead atoms. The van der Waals surface area contributed by atoms with Crippen LogP contribution in [0.3, 0.4) is 0 Å². The van der Waals surface area contributed by atoms with Gasteiger partial charge in [0, 0.05) is 26.4 Å². The van der Waals surface area contributed by atoms with Crippen molar-refractivity contribution in [2.75, 3.05) is 26.5 Å². The first-order valence-corrected chi connectivity index (χ1v) is 11.0. The number of anilines is 1. The zero-order chi connectivity index (χ0) is 26.2. The highest BCUT2D eigenvalue weighted by Crippen LogP contribution is 2.13. The third kappa shape index (κ3) is 6.78. The minimum atomic E-state index is -1.02. The molecule has 12 heteroatoms. The molecule has 190 valence electrons. The Bertz CT molecular complexity index is 1350. The number of H-pyrrole nitrogens is 1. The smallest absolute Gasteiger partial charge is 0.407 e. The first kappa shape index (κ1) is 26.1. The van der Waals surface area contributed by atoms with Crippen LogP contribution in [-0.4, -0.2) is 64.6 Å². The number of allylic oxidation sites excluding steroid dienone is 1. The van der Waals surface area contributed by atoms with E-state index in [1.54, 1.807) is 32.3 Å². The van der Waals surface area contributed by atoms with E-state index in [0.29, 0.717) is 23.3 Å². The van der Waals surface area contributed by atoms with Crippen molar-refractivity contribution in [1.82, 2.24) is 24.8 Å². The summed E-state index contributed by atoms with van der Waals surface area (Å²) < 4.78 is 19.4. The molecule has 3 aromatic rings. The third-order valence-corrected chi connectivity index (χ3v) is 5.21. The van der Waals surface area contributed by atoms with Gasteiger partial charge in [0.1, 0.15) is 23.4 Å². The number of carbonyl (C=O) groups is 3. The summed E-state index contributed by atoms with van der Waals surface area (Å²) in [6.45, 7) is 0.0629. The van der Waals surface area contributed by atoms with Crippen molar-refractivity contribution < 1.29 is 23.5 Å². The molecule has 3 rings (SSSR count). The maximum atomic E-state index is 13.4. The number of carbonyl (C=O) groups excluding carboxylic acids is 3. The number of aromatic amines is 1. The Hall–Kier alpha value is -4.48. The molecule has 11 nitrogen and oxygen atoms in total. The molecule has 36 heavy (non-hydrogen) atoms. The number of fused-ring (bicyclic) bond motifs is 1. The van der Waals surface area contributed by atoms with Crippen LogP contribution in [0.4, 0.5) is 14.9 Å². The van der Waals surface area contributed by atoms with Gasteiger partial charge in [0.05, 0.1) is 24.7 Å². The number of alkyl carbamates (subject to hydrolysis) is 1. The summed E-state index contributed by atoms with van der Waals surface area (Å²) in [5, 5.41) is 4.98. The molecule has 0 spiro atoms. The first-order chi connectivity index (χ1) is 17.2. The molecule has 2 heterocycles. The summed E-state index contributed by atoms with van der Waals surface area (Å²) in [6, 6.07) is 6.15. The van der Waals surface area contributed by atoms with Crippen LogP contribution in [0, 0.1) is 5.82 Å². The van der Waals surface area contributed by atoms with Crippen LogP contribution in [0.15, 0.2) is 53.5 Å². The lowest BCUT2D eigenvalue weighted by atomic mass is 10.1. The highest BCUT2D eigenvalue weighted by Gasteiger charge is 2.22. The van der Waals surface area contributed by atoms with Crippen molar-refractivity contribution in [3.05, 3.63) is 70.7 Å². The number of pyridine rings is 1. The lowest BCUT2D eigenvalue weighted by Gasteiger charge is -2.17. The maximum Gasteiger partial charge on any atom is 0.407 e. The highest BCUT2D eigenvalue weighted by molar-refractivity contribution is 5.96. The molecule has 1 unspecified atom stereocenters. The minimum absolute atomic E-state index is 0.000325. The van der Waals surface area contributed by atoms with Gasteiger partial charge in [-0.3, -0.25) is 14.4 Å². The van der Waals surface area contributed by atoms with Crippen LogP contribution in [0.25, 0.3) is 11.0 Å². The van der Waals surface area contributed by atoms with E-state index in [1.165, 1.54) is 47.0 Å². The van der Waals surface area contributed by atoms with Gasteiger partial charge < -0.3 is 29.8 Å². The number of rotatable bonds is 9. The standard InChI is InChI=1S/C24H27FN6O5/c1-30(2)21(32)9-5-4-7-17(29-24(35)36-3)22(33)28-18-8-6-12-31(23(18)34)14-20-26-16-11-10-15(25)13-19(16)27-20/h5-6,8-13,17H,4,7,14H2,1-3H3,(H,26,27)(H,28,33)(H,29,35). The van der Waals surface area contributed by atoms with E-state index >= 15 is 0 Å². The number of aromatic nitrogens is 3. The van der Waals surface area contributed by atoms with Crippen molar-refractivity contribution in [1.29, 1.82) is 0 Å². The minimum Gasteiger partial charge on any atom is -0.453 e. The lowest BCUT2D eigenvalue weighted by molar-refractivity contribution is -0.123. The summed E-state index contributed by atoms with van der Waals surface area (Å²) in [7, 11) is 4.40. The van der Waals surface area contributed by atoms with Gasteiger partial charge in [0.2, 0.25) is 11.8 Å². The van der Waals surface area contributed by atoms with E-state index in [-0.39, 0.29) is 24.6 Å². The summed E-state index contributed by atoms with van der Waals surface area (Å²) in [6.07, 6.45) is 4.16. The second-order valence-electron chi connectivity index (χ2n) is 8.09. The molecule has 0 saturated heterocycles. The quantitative estimate of drug-likeness (QED) is 0.386. The van der Waals surface area contributed by atoms with Crippen molar-refractivity contribution in [3.8, 4) is 0 Å². The van der Waals surface area contributed by atoms with Crippen LogP contribution in [0.5, 0.6) is 0 Å². The Morgan fingerprint density at radius 1 is 1.28 bits per heavy atom. The fourth-order valence-electron chi connectivity index (χ4n) is 3.31. The molecule has 1 aromatic carbocycles. The van der Waals surface area contributed by atoms with Crippen LogP contribution in [-0.2, 0) is 20.9 Å². The number of imidazole rings is 1. The number of amides is 3. The molecule has 0 aliphatic heterocycles. The number of benzene rings is 1. The van der Waals surface area contributed by atoms with E-state index < -0.39 is 29.4 Å². The molecule has 3 N–H and O–H groups in total. The molecule has 0 aliphatic rings. The number of likely N-dealkylation sites (N-methyl/N-ethyl adjacent to an activating group) is 1. The maximum absolute atomic E-state index is 13.4. The van der Waals surface area contributed by atoms with E-state index in [4.69, 9.17) is 0 Å². The van der Waals surface area contributed by atoms with E-state index in [9.17, 15) is 23.6 Å². The Morgan fingerprint density at radius 2 is 2.06 bits per heavy atom. The molecule has 0 fully saturated rings. The van der Waals surface area contributed by atoms with Crippen LogP contribution in [0.1, 0.15) is 18.7 Å². The summed E-state index contributed by atoms with van der Waals surface area (Å²) in [5.41, 5.74) is 0.563. The van der Waals surface area contributed by atoms with E-state index in [0.717, 1.165) is 0 Å². The van der Waals surface area contributed by atoms with Gasteiger partial charge in [-0.2, -0.15) is 0 Å². The number of methoxy groups -OCH3 is 1. The van der Waals surface area contributed by atoms with Crippen LogP contribution in [0.2, 0.25) is 0 Å². The SMILES string of the molecule is COC(=O)NC(CCC=CC(=O)N(C)C)C(=O)Nc1cccn(Cc2nc3cc(F)ccc3[nH]2)c1=O. The van der Waals surface area contributed by atoms with Gasteiger partial charge in [-0.05, 0) is 43.2 Å².